The quantitative estimate of drug-likeness (QED) is 0.422. The largest absolute Gasteiger partial charge is 0.493 e. The molecule has 34 heavy (non-hydrogen) atoms. The highest BCUT2D eigenvalue weighted by molar-refractivity contribution is 6.31. The highest BCUT2D eigenvalue weighted by atomic mass is 35.5. The monoisotopic (exact) mass is 477 g/mol. The summed E-state index contributed by atoms with van der Waals surface area (Å²) < 4.78 is 2.83. The highest BCUT2D eigenvalue weighted by Gasteiger charge is 2.16. The van der Waals surface area contributed by atoms with Crippen LogP contribution in [0.5, 0.6) is 5.88 Å². The number of nitrogens with zero attached hydrogens (tertiary/aromatic N) is 4. The smallest absolute Gasteiger partial charge is 0.335 e. The van der Waals surface area contributed by atoms with Crippen LogP contribution in [-0.4, -0.2) is 30.7 Å². The van der Waals surface area contributed by atoms with Crippen molar-refractivity contribution in [1.29, 1.82) is 0 Å². The molecule has 0 fully saturated rings. The van der Waals surface area contributed by atoms with Crippen molar-refractivity contribution in [2.45, 2.75) is 34.2 Å². The zero-order chi connectivity index (χ0) is 24.6. The minimum Gasteiger partial charge on any atom is -0.493 e. The maximum atomic E-state index is 12.5. The minimum absolute atomic E-state index is 0.129. The number of nitrogens with one attached hydrogen (secondary N) is 1. The number of hydrogen-bond acceptors (Lipinski definition) is 5. The van der Waals surface area contributed by atoms with Gasteiger partial charge in [0.15, 0.2) is 0 Å². The molecule has 0 radical (unpaired) electrons. The molecule has 0 aliphatic heterocycles. The van der Waals surface area contributed by atoms with Crippen molar-refractivity contribution < 1.29 is 5.11 Å². The van der Waals surface area contributed by atoms with Gasteiger partial charge in [0.1, 0.15) is 11.3 Å². The fourth-order valence-corrected chi connectivity index (χ4v) is 3.90. The molecule has 174 valence electrons. The predicted molar refractivity (Wildman–Crippen MR) is 133 cm³/mol. The van der Waals surface area contributed by atoms with Crippen molar-refractivity contribution in [1.82, 2.24) is 19.3 Å². The molecule has 8 nitrogen and oxygen atoms in total. The fourth-order valence-electron chi connectivity index (χ4n) is 3.70. The fraction of sp³-hybridized carbons (Fsp3) is 0.200. The van der Waals surface area contributed by atoms with E-state index in [1.807, 2.05) is 58.0 Å². The summed E-state index contributed by atoms with van der Waals surface area (Å²) in [5, 5.41) is 16.0. The Balaban J connectivity index is 1.74. The van der Waals surface area contributed by atoms with Gasteiger partial charge in [-0.1, -0.05) is 35.9 Å². The lowest BCUT2D eigenvalue weighted by Crippen LogP contribution is -2.31. The molecule has 0 saturated heterocycles. The van der Waals surface area contributed by atoms with Crippen LogP contribution in [0.1, 0.15) is 33.6 Å². The minimum atomic E-state index is -0.733. The van der Waals surface area contributed by atoms with Gasteiger partial charge in [-0.3, -0.25) is 19.5 Å². The standard InChI is InChI=1S/C25H24ClN5O3/c1-14-9-10-19(11-15(14)2)31-24(33)20(23(32)28-25(31)34)12-27-22-16(3)29-30(17(22)4)13-18-7-5-6-8-21(18)26/h5-12,33H,13H2,1-4H3,(H,28,32,34). The first-order valence-electron chi connectivity index (χ1n) is 10.6. The summed E-state index contributed by atoms with van der Waals surface area (Å²) in [5.74, 6) is -0.487. The maximum absolute atomic E-state index is 12.5. The van der Waals surface area contributed by atoms with Crippen LogP contribution < -0.4 is 11.2 Å². The van der Waals surface area contributed by atoms with Crippen LogP contribution in [-0.2, 0) is 6.54 Å². The van der Waals surface area contributed by atoms with Gasteiger partial charge in [-0.05, 0) is 62.6 Å². The van der Waals surface area contributed by atoms with E-state index in [9.17, 15) is 14.7 Å². The third kappa shape index (κ3) is 4.32. The molecule has 0 spiro atoms. The summed E-state index contributed by atoms with van der Waals surface area (Å²) in [4.78, 5) is 31.7. The first-order valence-corrected chi connectivity index (χ1v) is 11.0. The average molecular weight is 478 g/mol. The second-order valence-corrected chi connectivity index (χ2v) is 8.53. The van der Waals surface area contributed by atoms with Crippen molar-refractivity contribution in [3.05, 3.63) is 102 Å². The molecule has 4 aromatic rings. The first-order chi connectivity index (χ1) is 16.2. The summed E-state index contributed by atoms with van der Waals surface area (Å²) in [5.41, 5.74) is 3.74. The number of aromatic amines is 1. The number of aromatic hydroxyl groups is 1. The number of rotatable bonds is 5. The molecule has 0 aliphatic carbocycles. The second-order valence-electron chi connectivity index (χ2n) is 8.13. The van der Waals surface area contributed by atoms with E-state index in [-0.39, 0.29) is 5.56 Å². The zero-order valence-electron chi connectivity index (χ0n) is 19.3. The number of halogens is 1. The lowest BCUT2D eigenvalue weighted by Gasteiger charge is -2.11. The van der Waals surface area contributed by atoms with Crippen molar-refractivity contribution >= 4 is 23.5 Å². The summed E-state index contributed by atoms with van der Waals surface area (Å²) >= 11 is 6.28. The van der Waals surface area contributed by atoms with E-state index in [0.717, 1.165) is 27.0 Å². The molecule has 0 unspecified atom stereocenters. The van der Waals surface area contributed by atoms with E-state index < -0.39 is 17.1 Å². The van der Waals surface area contributed by atoms with Crippen LogP contribution in [0.3, 0.4) is 0 Å². The Morgan fingerprint density at radius 2 is 1.82 bits per heavy atom. The summed E-state index contributed by atoms with van der Waals surface area (Å²) in [6.45, 7) is 7.99. The van der Waals surface area contributed by atoms with Crippen molar-refractivity contribution in [2.75, 3.05) is 0 Å². The van der Waals surface area contributed by atoms with Crippen LogP contribution in [0.15, 0.2) is 57.0 Å². The molecular formula is C25H24ClN5O3. The van der Waals surface area contributed by atoms with Gasteiger partial charge in [0.25, 0.3) is 5.56 Å². The first kappa shape index (κ1) is 23.3. The van der Waals surface area contributed by atoms with Crippen molar-refractivity contribution in [2.24, 2.45) is 4.99 Å². The molecule has 4 rings (SSSR count). The Labute approximate surface area is 200 Å². The number of aliphatic imine (C=N–C) groups is 1. The van der Waals surface area contributed by atoms with E-state index in [4.69, 9.17) is 11.6 Å². The number of aromatic nitrogens is 4. The summed E-state index contributed by atoms with van der Waals surface area (Å²) in [7, 11) is 0. The molecule has 2 heterocycles. The number of benzene rings is 2. The number of aryl methyl sites for hydroxylation is 3. The molecule has 2 N–H and O–H groups in total. The molecule has 0 amide bonds. The third-order valence-electron chi connectivity index (χ3n) is 5.81. The third-order valence-corrected chi connectivity index (χ3v) is 6.18. The number of H-pyrrole nitrogens is 1. The topological polar surface area (TPSA) is 105 Å². The van der Waals surface area contributed by atoms with Crippen LogP contribution in [0.4, 0.5) is 5.69 Å². The van der Waals surface area contributed by atoms with Gasteiger partial charge in [0.2, 0.25) is 5.88 Å². The van der Waals surface area contributed by atoms with Crippen LogP contribution in [0.25, 0.3) is 5.69 Å². The molecule has 0 aliphatic rings. The van der Waals surface area contributed by atoms with Crippen LogP contribution in [0.2, 0.25) is 5.02 Å². The van der Waals surface area contributed by atoms with Crippen LogP contribution in [0, 0.1) is 27.7 Å². The molecular weight excluding hydrogens is 454 g/mol. The summed E-state index contributed by atoms with van der Waals surface area (Å²) in [6.07, 6.45) is 1.25. The molecule has 0 atom stereocenters. The van der Waals surface area contributed by atoms with Crippen molar-refractivity contribution in [3.8, 4) is 11.6 Å². The van der Waals surface area contributed by atoms with E-state index in [1.54, 1.807) is 16.8 Å². The van der Waals surface area contributed by atoms with Gasteiger partial charge >= 0.3 is 5.69 Å². The van der Waals surface area contributed by atoms with Gasteiger partial charge in [-0.2, -0.15) is 5.10 Å². The second kappa shape index (κ2) is 9.15. The van der Waals surface area contributed by atoms with Crippen LogP contribution >= 0.6 is 11.6 Å². The highest BCUT2D eigenvalue weighted by Crippen LogP contribution is 2.26. The van der Waals surface area contributed by atoms with Gasteiger partial charge in [-0.25, -0.2) is 9.36 Å². The average Bonchev–Trinajstić information content (AvgIpc) is 3.04. The molecule has 0 bridgehead atoms. The Morgan fingerprint density at radius 3 is 2.53 bits per heavy atom. The zero-order valence-corrected chi connectivity index (χ0v) is 20.0. The normalized spacial score (nSPS) is 11.4. The predicted octanol–water partition coefficient (Wildman–Crippen LogP) is 4.11. The molecule has 2 aromatic carbocycles. The van der Waals surface area contributed by atoms with Gasteiger partial charge in [-0.15, -0.1) is 0 Å². The molecule has 9 heteroatoms. The van der Waals surface area contributed by atoms with Gasteiger partial charge < -0.3 is 5.11 Å². The lowest BCUT2D eigenvalue weighted by atomic mass is 10.1. The maximum Gasteiger partial charge on any atom is 0.335 e. The number of hydrogen-bond donors (Lipinski definition) is 2. The van der Waals surface area contributed by atoms with Gasteiger partial charge in [0.05, 0.1) is 23.6 Å². The van der Waals surface area contributed by atoms with E-state index >= 15 is 0 Å². The lowest BCUT2D eigenvalue weighted by molar-refractivity contribution is 0.430. The Bertz CT molecular complexity index is 1550. The van der Waals surface area contributed by atoms with E-state index in [2.05, 4.69) is 15.1 Å². The Hall–Kier alpha value is -3.91. The SMILES string of the molecule is Cc1ccc(-n2c(O)c(C=Nc3c(C)nn(Cc4ccccc4Cl)c3C)c(=O)[nH]c2=O)cc1C. The summed E-state index contributed by atoms with van der Waals surface area (Å²) in [6, 6.07) is 12.8. The molecule has 0 saturated carbocycles. The van der Waals surface area contributed by atoms with E-state index in [1.165, 1.54) is 6.21 Å². The molecule has 2 aromatic heterocycles. The van der Waals surface area contributed by atoms with Gasteiger partial charge in [0, 0.05) is 11.2 Å². The Morgan fingerprint density at radius 1 is 1.09 bits per heavy atom. The Kier molecular flexibility index (Phi) is 6.26. The van der Waals surface area contributed by atoms with Crippen molar-refractivity contribution in [3.63, 3.8) is 0 Å². The van der Waals surface area contributed by atoms with E-state index in [0.29, 0.717) is 28.6 Å².